The molecule has 12 heteroatoms. The average Bonchev–Trinajstić information content (AvgIpc) is 4.21. The van der Waals surface area contributed by atoms with Gasteiger partial charge in [0, 0.05) is 79.7 Å². The fraction of sp³-hybridized carbons (Fsp3) is 0.545. The largest absolute Gasteiger partial charge is 0.263 e. The van der Waals surface area contributed by atoms with Crippen LogP contribution in [0, 0.1) is 0 Å². The van der Waals surface area contributed by atoms with Gasteiger partial charge >= 0.3 is 0 Å². The predicted molar refractivity (Wildman–Crippen MR) is 348 cm³/mol. The molecule has 6 aliphatic carbocycles. The molecular weight excluding hydrogens is 1360 g/mol. The van der Waals surface area contributed by atoms with Crippen molar-refractivity contribution in [3.63, 3.8) is 0 Å². The highest BCUT2D eigenvalue weighted by atomic mass is 79.9. The summed E-state index contributed by atoms with van der Waals surface area (Å²) in [4.78, 5) is 26.2. The van der Waals surface area contributed by atoms with Crippen molar-refractivity contribution in [3.8, 4) is 0 Å². The Labute approximate surface area is 519 Å². The fourth-order valence-electron chi connectivity index (χ4n) is 9.76. The first-order chi connectivity index (χ1) is 37.1. The van der Waals surface area contributed by atoms with Crippen molar-refractivity contribution in [2.45, 2.75) is 231 Å². The number of hydrogen-bond donors (Lipinski definition) is 0. The maximum atomic E-state index is 4.49. The summed E-state index contributed by atoms with van der Waals surface area (Å²) < 4.78 is 6.56. The van der Waals surface area contributed by atoms with Gasteiger partial charge in [0.05, 0.1) is 5.69 Å². The van der Waals surface area contributed by atoms with Gasteiger partial charge in [-0.05, 0) is 312 Å². The average molecular weight is 1440 g/mol. The molecule has 0 unspecified atom stereocenters. The number of nitrogens with zero attached hydrogens (tertiary/aromatic N) is 6. The monoisotopic (exact) mass is 1430 g/mol. The van der Waals surface area contributed by atoms with Crippen molar-refractivity contribution in [1.29, 1.82) is 0 Å². The van der Waals surface area contributed by atoms with E-state index >= 15 is 0 Å². The van der Waals surface area contributed by atoms with E-state index in [9.17, 15) is 0 Å². The molecule has 6 aromatic heterocycles. The molecule has 0 amide bonds. The van der Waals surface area contributed by atoms with E-state index in [4.69, 9.17) is 0 Å². The predicted octanol–water partition coefficient (Wildman–Crippen LogP) is 23.1. The summed E-state index contributed by atoms with van der Waals surface area (Å²) in [6.07, 6.45) is 27.7. The highest BCUT2D eigenvalue weighted by Crippen LogP contribution is 2.48. The van der Waals surface area contributed by atoms with Gasteiger partial charge in [0.15, 0.2) is 0 Å². The second-order valence-corrected chi connectivity index (χ2v) is 29.2. The van der Waals surface area contributed by atoms with Gasteiger partial charge in [-0.2, -0.15) is 0 Å². The quantitative estimate of drug-likeness (QED) is 0.114. The second-order valence-electron chi connectivity index (χ2n) is 24.3. The lowest BCUT2D eigenvalue weighted by atomic mass is 9.97. The van der Waals surface area contributed by atoms with E-state index in [1.807, 2.05) is 37.2 Å². The van der Waals surface area contributed by atoms with Gasteiger partial charge in [0.2, 0.25) is 0 Å². The molecule has 6 fully saturated rings. The first-order valence-electron chi connectivity index (χ1n) is 29.0. The number of halogens is 6. The van der Waals surface area contributed by atoms with Gasteiger partial charge < -0.3 is 0 Å². The van der Waals surface area contributed by atoms with E-state index in [-0.39, 0.29) is 0 Å². The molecule has 0 radical (unpaired) electrons. The second kappa shape index (κ2) is 29.3. The lowest BCUT2D eigenvalue weighted by Gasteiger charge is -2.13. The van der Waals surface area contributed by atoms with Crippen molar-refractivity contribution < 1.29 is 0 Å². The lowest BCUT2D eigenvalue weighted by Crippen LogP contribution is -1.97. The van der Waals surface area contributed by atoms with Crippen LogP contribution >= 0.6 is 95.6 Å². The van der Waals surface area contributed by atoms with E-state index in [2.05, 4.69) is 245 Å². The first-order valence-corrected chi connectivity index (χ1v) is 33.8. The Kier molecular flexibility index (Phi) is 23.8. The Morgan fingerprint density at radius 2 is 0.936 bits per heavy atom. The normalized spacial score (nSPS) is 16.6. The van der Waals surface area contributed by atoms with Crippen molar-refractivity contribution in [3.05, 3.63) is 168 Å². The molecule has 12 rings (SSSR count). The molecule has 6 aromatic rings. The third-order valence-corrected chi connectivity index (χ3v) is 18.9. The first kappa shape index (κ1) is 63.4. The van der Waals surface area contributed by atoms with Crippen LogP contribution < -0.4 is 0 Å². The lowest BCUT2D eigenvalue weighted by molar-refractivity contribution is 0.829. The van der Waals surface area contributed by atoms with Crippen LogP contribution in [0.2, 0.25) is 0 Å². The van der Waals surface area contributed by atoms with Gasteiger partial charge in [0.25, 0.3) is 0 Å². The van der Waals surface area contributed by atoms with E-state index in [1.54, 1.807) is 0 Å². The highest BCUT2D eigenvalue weighted by molar-refractivity contribution is 9.11. The molecule has 0 aliphatic heterocycles. The SMILES string of the molecule is CC(C)c1c(Br)cncc1C1CC1.CC(C)c1cc(Br)nc(C2CC2)c1.CC(C)c1cc(Br)ncc1C1CC1.CC(C)c1cc(C2CC2)ncc1Br.CC(C)c1ccnc(Br)c1C1CC1.CC(C)c1ccnc(C2CC2)c1Br. The zero-order valence-electron chi connectivity index (χ0n) is 48.3. The molecular formula is C66H84Br6N6. The summed E-state index contributed by atoms with van der Waals surface area (Å²) >= 11 is 21.2. The van der Waals surface area contributed by atoms with Crippen LogP contribution in [0.4, 0.5) is 0 Å². The molecule has 6 aliphatic rings. The number of aromatic nitrogens is 6. The minimum atomic E-state index is 0.579. The summed E-state index contributed by atoms with van der Waals surface area (Å²) in [5.41, 5.74) is 16.8. The fourth-order valence-corrected chi connectivity index (χ4v) is 13.7. The summed E-state index contributed by atoms with van der Waals surface area (Å²) in [6, 6.07) is 13.1. The smallest absolute Gasteiger partial charge is 0.109 e. The van der Waals surface area contributed by atoms with Gasteiger partial charge in [-0.15, -0.1) is 0 Å². The molecule has 0 bridgehead atoms. The van der Waals surface area contributed by atoms with Crippen LogP contribution in [0.15, 0.2) is 101 Å². The minimum absolute atomic E-state index is 0.579. The number of rotatable bonds is 12. The van der Waals surface area contributed by atoms with Crippen LogP contribution in [0.3, 0.4) is 0 Å². The standard InChI is InChI=1S/6C11H14BrN/c1-7(2)11-9(8-3-4-8)5-13-6-10(11)12;1-7(2)9-5-11(8-3-4-8)13-6-10(9)12;1-7(2)9-5-11(12)13-6-10(9)8-3-4-8;1-7(2)9-5-10(8-3-4-8)13-11(12)6-9;1-7(2)9-5-6-13-11(10(9)12)8-3-4-8;1-7(2)9-5-6-13-11(12)10(9)8-3-4-8/h6*5-8H,3-4H2,1-2H3. The van der Waals surface area contributed by atoms with Crippen molar-refractivity contribution in [2.24, 2.45) is 0 Å². The topological polar surface area (TPSA) is 77.3 Å². The molecule has 0 atom stereocenters. The van der Waals surface area contributed by atoms with Gasteiger partial charge in [-0.1, -0.05) is 83.1 Å². The van der Waals surface area contributed by atoms with E-state index in [0.29, 0.717) is 35.5 Å². The molecule has 78 heavy (non-hydrogen) atoms. The molecule has 6 saturated carbocycles. The summed E-state index contributed by atoms with van der Waals surface area (Å²) in [7, 11) is 0. The molecule has 6 nitrogen and oxygen atoms in total. The Morgan fingerprint density at radius 1 is 0.397 bits per heavy atom. The highest BCUT2D eigenvalue weighted by Gasteiger charge is 2.32. The zero-order valence-corrected chi connectivity index (χ0v) is 57.8. The zero-order chi connectivity index (χ0) is 56.5. The van der Waals surface area contributed by atoms with Crippen LogP contribution in [0.5, 0.6) is 0 Å². The van der Waals surface area contributed by atoms with Crippen LogP contribution in [-0.4, -0.2) is 29.9 Å². The van der Waals surface area contributed by atoms with Crippen LogP contribution in [-0.2, 0) is 0 Å². The molecule has 0 N–H and O–H groups in total. The van der Waals surface area contributed by atoms with Crippen LogP contribution in [0.25, 0.3) is 0 Å². The maximum absolute atomic E-state index is 4.49. The van der Waals surface area contributed by atoms with Crippen molar-refractivity contribution >= 4 is 95.6 Å². The summed E-state index contributed by atoms with van der Waals surface area (Å²) in [5, 5.41) is 0. The summed E-state index contributed by atoms with van der Waals surface area (Å²) in [5.74, 6) is 8.16. The molecule has 6 heterocycles. The van der Waals surface area contributed by atoms with Crippen molar-refractivity contribution in [2.75, 3.05) is 0 Å². The van der Waals surface area contributed by atoms with Crippen molar-refractivity contribution in [1.82, 2.24) is 29.9 Å². The minimum Gasteiger partial charge on any atom is -0.263 e. The van der Waals surface area contributed by atoms with Gasteiger partial charge in [0.1, 0.15) is 13.8 Å². The molecule has 0 aromatic carbocycles. The van der Waals surface area contributed by atoms with Gasteiger partial charge in [-0.3, -0.25) is 15.0 Å². The maximum Gasteiger partial charge on any atom is 0.109 e. The Balaban J connectivity index is 0.000000136. The number of hydrogen-bond acceptors (Lipinski definition) is 6. The number of pyridine rings is 6. The molecule has 0 saturated heterocycles. The molecule has 420 valence electrons. The van der Waals surface area contributed by atoms with E-state index < -0.39 is 0 Å². The summed E-state index contributed by atoms with van der Waals surface area (Å²) in [6.45, 7) is 26.8. The Hall–Kier alpha value is -2.22. The van der Waals surface area contributed by atoms with Crippen LogP contribution in [0.1, 0.15) is 298 Å². The third-order valence-electron chi connectivity index (χ3n) is 15.3. The van der Waals surface area contributed by atoms with Gasteiger partial charge in [-0.25, -0.2) is 15.0 Å². The Bertz CT molecular complexity index is 2810. The molecule has 0 spiro atoms. The van der Waals surface area contributed by atoms with E-state index in [1.165, 1.54) is 153 Å². The Morgan fingerprint density at radius 3 is 1.47 bits per heavy atom. The van der Waals surface area contributed by atoms with E-state index in [0.717, 1.165) is 53.8 Å². The third kappa shape index (κ3) is 18.9.